The molecule has 0 atom stereocenters. The number of carbonyl (C=O) groups is 1. The quantitative estimate of drug-likeness (QED) is 0.195. The fraction of sp³-hybridized carbons (Fsp3) is 0.208. The summed E-state index contributed by atoms with van der Waals surface area (Å²) in [6.07, 6.45) is 3.13. The third kappa shape index (κ3) is 5.49. The van der Waals surface area contributed by atoms with Crippen LogP contribution in [0.1, 0.15) is 5.56 Å². The molecule has 11 nitrogen and oxygen atoms in total. The van der Waals surface area contributed by atoms with Gasteiger partial charge in [0.15, 0.2) is 5.17 Å². The van der Waals surface area contributed by atoms with Gasteiger partial charge in [0.25, 0.3) is 12.1 Å². The number of aliphatic imine (C=N–C) groups is 2. The largest absolute Gasteiger partial charge is 0.861 e. The van der Waals surface area contributed by atoms with Crippen LogP contribution < -0.4 is 29.3 Å². The second-order valence-corrected chi connectivity index (χ2v) is 8.55. The Bertz CT molecular complexity index is 1340. The first kappa shape index (κ1) is 24.8. The van der Waals surface area contributed by atoms with Gasteiger partial charge in [-0.15, -0.1) is 0 Å². The maximum Gasteiger partial charge on any atom is 0.324 e. The van der Waals surface area contributed by atoms with Crippen LogP contribution in [0, 0.1) is 0 Å². The number of rotatable bonds is 8. The molecule has 1 aliphatic heterocycles. The lowest BCUT2D eigenvalue weighted by molar-refractivity contribution is -0.753. The molecule has 12 heteroatoms. The number of para-hydroxylation sites is 1. The lowest BCUT2D eigenvalue weighted by Crippen LogP contribution is -2.53. The van der Waals surface area contributed by atoms with Crippen LogP contribution in [0.5, 0.6) is 11.5 Å². The summed E-state index contributed by atoms with van der Waals surface area (Å²) in [7, 11) is 6.64. The van der Waals surface area contributed by atoms with Crippen molar-refractivity contribution in [3.63, 3.8) is 0 Å². The molecule has 2 heterocycles. The highest BCUT2D eigenvalue weighted by molar-refractivity contribution is 8.14. The second-order valence-electron chi connectivity index (χ2n) is 7.61. The summed E-state index contributed by atoms with van der Waals surface area (Å²) < 4.78 is 15.7. The Balaban J connectivity index is 1.61. The van der Waals surface area contributed by atoms with E-state index in [0.717, 1.165) is 11.8 Å². The molecule has 1 amide bonds. The molecule has 4 rings (SSSR count). The molecule has 0 radical (unpaired) electrons. The number of methoxy groups -OCH3 is 2. The normalized spacial score (nSPS) is 14.8. The van der Waals surface area contributed by atoms with E-state index in [9.17, 15) is 9.90 Å². The minimum absolute atomic E-state index is 0.0583. The van der Waals surface area contributed by atoms with Gasteiger partial charge in [-0.1, -0.05) is 30.0 Å². The van der Waals surface area contributed by atoms with E-state index in [1.165, 1.54) is 23.0 Å². The van der Waals surface area contributed by atoms with Crippen LogP contribution in [0.25, 0.3) is 6.08 Å². The lowest BCUT2D eigenvalue weighted by Gasteiger charge is -2.18. The van der Waals surface area contributed by atoms with Crippen molar-refractivity contribution < 1.29 is 28.7 Å². The monoisotopic (exact) mass is 508 g/mol. The number of benzene rings is 2. The van der Waals surface area contributed by atoms with Crippen LogP contribution in [0.3, 0.4) is 0 Å². The number of nitrogens with zero attached hydrogens (tertiary/aromatic N) is 6. The van der Waals surface area contributed by atoms with Crippen molar-refractivity contribution in [1.29, 1.82) is 0 Å². The average Bonchev–Trinajstić information content (AvgIpc) is 3.48. The zero-order valence-corrected chi connectivity index (χ0v) is 20.9. The molecule has 0 N–H and O–H groups in total. The summed E-state index contributed by atoms with van der Waals surface area (Å²) in [4.78, 5) is 24.7. The van der Waals surface area contributed by atoms with E-state index in [2.05, 4.69) is 15.3 Å². The zero-order chi connectivity index (χ0) is 25.7. The van der Waals surface area contributed by atoms with Crippen molar-refractivity contribution in [2.75, 3.05) is 44.0 Å². The topological polar surface area (TPSA) is 120 Å². The highest BCUT2D eigenvalue weighted by Crippen LogP contribution is 2.32. The van der Waals surface area contributed by atoms with Gasteiger partial charge < -0.3 is 14.6 Å². The van der Waals surface area contributed by atoms with Gasteiger partial charge >= 0.3 is 5.88 Å². The summed E-state index contributed by atoms with van der Waals surface area (Å²) in [6, 6.07) is 14.4. The smallest absolute Gasteiger partial charge is 0.324 e. The van der Waals surface area contributed by atoms with Gasteiger partial charge in [0, 0.05) is 17.4 Å². The SMILES string of the molecule is COc1ccc(/C=C2/N=C(SC/C([O-])=N\c3c[n+](N(C)C)no3)N(c3ccccc3)C2=O)c(OC)c1. The third-order valence-corrected chi connectivity index (χ3v) is 5.91. The number of amides is 1. The molecule has 0 spiro atoms. The van der Waals surface area contributed by atoms with E-state index in [0.29, 0.717) is 27.9 Å². The number of thioether (sulfide) groups is 1. The summed E-state index contributed by atoms with van der Waals surface area (Å²) in [6.45, 7) is 0. The summed E-state index contributed by atoms with van der Waals surface area (Å²) in [5, 5.41) is 18.3. The van der Waals surface area contributed by atoms with Gasteiger partial charge in [-0.25, -0.2) is 9.98 Å². The number of anilines is 1. The molecular weight excluding hydrogens is 484 g/mol. The highest BCUT2D eigenvalue weighted by Gasteiger charge is 2.32. The van der Waals surface area contributed by atoms with E-state index in [1.807, 2.05) is 18.2 Å². The fourth-order valence-electron chi connectivity index (χ4n) is 3.23. The molecule has 0 aliphatic carbocycles. The highest BCUT2D eigenvalue weighted by atomic mass is 32.2. The van der Waals surface area contributed by atoms with Crippen LogP contribution >= 0.6 is 11.8 Å². The minimum atomic E-state index is -0.459. The number of hydrogen-bond donors (Lipinski definition) is 0. The van der Waals surface area contributed by atoms with Gasteiger partial charge in [-0.3, -0.25) is 14.2 Å². The summed E-state index contributed by atoms with van der Waals surface area (Å²) in [5.41, 5.74) is 1.50. The van der Waals surface area contributed by atoms with Gasteiger partial charge in [-0.05, 0) is 36.2 Å². The van der Waals surface area contributed by atoms with E-state index < -0.39 is 5.90 Å². The number of amidine groups is 1. The number of aromatic nitrogens is 2. The molecule has 1 aliphatic rings. The Kier molecular flexibility index (Phi) is 7.54. The van der Waals surface area contributed by atoms with Crippen molar-refractivity contribution in [2.45, 2.75) is 0 Å². The van der Waals surface area contributed by atoms with Crippen LogP contribution in [-0.4, -0.2) is 56.3 Å². The number of ether oxygens (including phenoxy) is 2. The molecule has 36 heavy (non-hydrogen) atoms. The first-order chi connectivity index (χ1) is 17.4. The Morgan fingerprint density at radius 1 is 1.22 bits per heavy atom. The second kappa shape index (κ2) is 11.0. The molecule has 0 saturated heterocycles. The molecule has 0 unspecified atom stereocenters. The van der Waals surface area contributed by atoms with Crippen molar-refractivity contribution in [2.24, 2.45) is 9.98 Å². The molecular formula is C24H24N6O5S. The van der Waals surface area contributed by atoms with E-state index in [4.69, 9.17) is 14.0 Å². The van der Waals surface area contributed by atoms with Crippen molar-refractivity contribution in [3.05, 3.63) is 66.0 Å². The standard InChI is InChI=1S/C24H24N6O5S/c1-28(2)29-14-22(35-27-29)26-21(31)15-36-24-25-19(23(32)30(24)17-8-6-5-7-9-17)12-16-10-11-18(33-3)13-20(16)34-4/h5-14H,15H2,1-4H3/b19-12+. The molecule has 1 aromatic heterocycles. The molecule has 0 fully saturated rings. The molecule has 2 aromatic carbocycles. The Hall–Kier alpha value is -4.32. The van der Waals surface area contributed by atoms with E-state index in [1.54, 1.807) is 62.6 Å². The van der Waals surface area contributed by atoms with Gasteiger partial charge in [-0.2, -0.15) is 5.01 Å². The Labute approximate surface area is 211 Å². The zero-order valence-electron chi connectivity index (χ0n) is 20.1. The van der Waals surface area contributed by atoms with Crippen LogP contribution in [0.15, 0.2) is 74.9 Å². The molecule has 3 aromatic rings. The fourth-order valence-corrected chi connectivity index (χ4v) is 4.03. The van der Waals surface area contributed by atoms with Crippen molar-refractivity contribution in [3.8, 4) is 11.5 Å². The van der Waals surface area contributed by atoms with Crippen molar-refractivity contribution >= 4 is 46.4 Å². The van der Waals surface area contributed by atoms with Crippen molar-refractivity contribution in [1.82, 2.24) is 5.27 Å². The predicted molar refractivity (Wildman–Crippen MR) is 135 cm³/mol. The minimum Gasteiger partial charge on any atom is -0.861 e. The third-order valence-electron chi connectivity index (χ3n) is 4.99. The van der Waals surface area contributed by atoms with Crippen LogP contribution in [-0.2, 0) is 4.79 Å². The average molecular weight is 509 g/mol. The van der Waals surface area contributed by atoms with Gasteiger partial charge in [0.05, 0.1) is 38.8 Å². The van der Waals surface area contributed by atoms with E-state index >= 15 is 0 Å². The number of hydrogen-bond acceptors (Lipinski definition) is 10. The Morgan fingerprint density at radius 3 is 2.67 bits per heavy atom. The lowest BCUT2D eigenvalue weighted by atomic mass is 10.1. The van der Waals surface area contributed by atoms with Crippen LogP contribution in [0.4, 0.5) is 11.6 Å². The number of carbonyl (C=O) groups excluding carboxylic acids is 1. The van der Waals surface area contributed by atoms with E-state index in [-0.39, 0.29) is 23.2 Å². The summed E-state index contributed by atoms with van der Waals surface area (Å²) >= 11 is 1.10. The maximum atomic E-state index is 13.4. The molecule has 186 valence electrons. The molecule has 0 saturated carbocycles. The summed E-state index contributed by atoms with van der Waals surface area (Å²) in [5.74, 6) is 0.395. The van der Waals surface area contributed by atoms with Gasteiger partial charge in [0.1, 0.15) is 17.2 Å². The molecule has 0 bridgehead atoms. The van der Waals surface area contributed by atoms with Crippen LogP contribution in [0.2, 0.25) is 0 Å². The maximum absolute atomic E-state index is 13.4. The predicted octanol–water partition coefficient (Wildman–Crippen LogP) is 1.74. The van der Waals surface area contributed by atoms with Gasteiger partial charge in [0.2, 0.25) is 5.27 Å². The first-order valence-corrected chi connectivity index (χ1v) is 11.7. The Morgan fingerprint density at radius 2 is 2.00 bits per heavy atom. The first-order valence-electron chi connectivity index (χ1n) is 10.7.